The summed E-state index contributed by atoms with van der Waals surface area (Å²) in [5, 5.41) is 65.2. The van der Waals surface area contributed by atoms with Crippen LogP contribution in [-0.4, -0.2) is 216 Å². The van der Waals surface area contributed by atoms with Gasteiger partial charge in [-0.15, -0.1) is 38.3 Å². The Morgan fingerprint density at radius 2 is 1.17 bits per heavy atom. The number of nitrogen functional groups attached to an aromatic ring is 1. The van der Waals surface area contributed by atoms with Crippen molar-refractivity contribution in [3.8, 4) is 0 Å². The Kier molecular flexibility index (Phi) is 29.8. The molecular weight excluding hydrogens is 1410 g/mol. The molecule has 18 N–H and O–H groups in total. The third-order valence-corrected chi connectivity index (χ3v) is 21.3. The van der Waals surface area contributed by atoms with Crippen molar-refractivity contribution in [1.29, 1.82) is 0 Å². The van der Waals surface area contributed by atoms with Crippen molar-refractivity contribution in [2.75, 3.05) is 51.8 Å². The monoisotopic (exact) mass is 1480 g/mol. The molecule has 10 rings (SSSR count). The van der Waals surface area contributed by atoms with E-state index in [2.05, 4.69) is 96.4 Å². The number of nitrogens with one attached hydrogen (secondary N) is 2. The molecule has 18 atom stereocenters. The molecule has 8 aliphatic rings. The van der Waals surface area contributed by atoms with Gasteiger partial charge < -0.3 is 107 Å². The summed E-state index contributed by atoms with van der Waals surface area (Å²) in [5.74, 6) is 0.0426. The second-order valence-corrected chi connectivity index (χ2v) is 28.8. The van der Waals surface area contributed by atoms with E-state index < -0.39 is 128 Å². The average Bonchev–Trinajstić information content (AvgIpc) is 3.19. The van der Waals surface area contributed by atoms with Crippen molar-refractivity contribution in [2.45, 2.75) is 143 Å². The molecule has 10 heterocycles. The topological polar surface area (TPSA) is 611 Å². The molecule has 40 nitrogen and oxygen atoms in total. The molecule has 0 saturated carbocycles. The number of aliphatic imine (C=N–C) groups is 1. The van der Waals surface area contributed by atoms with Gasteiger partial charge in [-0.2, -0.15) is 35.0 Å². The van der Waals surface area contributed by atoms with Gasteiger partial charge in [-0.3, -0.25) is 29.2 Å². The molecule has 0 spiro atoms. The normalized spacial score (nSPS) is 33.2. The summed E-state index contributed by atoms with van der Waals surface area (Å²) in [7, 11) is -33.3. The first kappa shape index (κ1) is 77.4. The number of nitrogens with zero attached hydrogens (tertiary/aromatic N) is 10. The van der Waals surface area contributed by atoms with Crippen molar-refractivity contribution in [3.05, 3.63) is 57.8 Å². The van der Waals surface area contributed by atoms with Gasteiger partial charge in [-0.05, 0) is 0 Å². The van der Waals surface area contributed by atoms with Crippen molar-refractivity contribution < 1.29 is 162 Å². The number of hydrogen-bond acceptors (Lipinski definition) is 27. The Morgan fingerprint density at radius 1 is 0.648 bits per heavy atom. The number of phosphoric acid groups is 6. The van der Waals surface area contributed by atoms with Gasteiger partial charge in [0.1, 0.15) is 60.7 Å². The Hall–Kier alpha value is -1.31. The molecule has 88 heavy (non-hydrogen) atoms. The smallest absolute Gasteiger partial charge is 0.686 e. The van der Waals surface area contributed by atoms with Gasteiger partial charge >= 0.3 is 85.9 Å². The van der Waals surface area contributed by atoms with Crippen molar-refractivity contribution >= 4 is 70.3 Å². The Bertz CT molecular complexity index is 2950. The molecule has 8 aliphatic heterocycles. The molecule has 0 aromatic carbocycles. The second-order valence-electron chi connectivity index (χ2n) is 19.9. The van der Waals surface area contributed by atoms with E-state index in [9.17, 15) is 57.6 Å². The zero-order valence-electron chi connectivity index (χ0n) is 46.7. The van der Waals surface area contributed by atoms with E-state index in [1.54, 1.807) is 0 Å². The fourth-order valence-electron chi connectivity index (χ4n) is 9.77. The number of imidazole rings is 1. The Balaban J connectivity index is 0.000000230. The number of aliphatic hydroxyl groups is 4. The number of aromatic nitrogens is 4. The van der Waals surface area contributed by atoms with Gasteiger partial charge in [0.15, 0.2) is 23.9 Å². The molecule has 490 valence electrons. The van der Waals surface area contributed by atoms with E-state index in [0.29, 0.717) is 24.8 Å². The minimum atomic E-state index is -5.70. The number of ether oxygens (including phenoxy) is 2. The third kappa shape index (κ3) is 23.0. The number of nitrogens with two attached hydrogens (primary N) is 2. The maximum absolute atomic E-state index is 11.8. The molecule has 0 bridgehead atoms. The van der Waals surface area contributed by atoms with Gasteiger partial charge in [0.2, 0.25) is 0 Å². The third-order valence-electron chi connectivity index (χ3n) is 13.6. The minimum absolute atomic E-state index is 0. The van der Waals surface area contributed by atoms with Crippen molar-refractivity contribution in [2.24, 2.45) is 10.7 Å². The van der Waals surface area contributed by atoms with Crippen LogP contribution in [0.3, 0.4) is 0 Å². The maximum atomic E-state index is 11.8. The van der Waals surface area contributed by atoms with Crippen molar-refractivity contribution in [3.63, 3.8) is 0 Å². The number of phosphoric ester groups is 2. The van der Waals surface area contributed by atoms with E-state index in [4.69, 9.17) is 50.3 Å². The Labute approximate surface area is 528 Å². The zero-order chi connectivity index (χ0) is 62.8. The molecule has 6 saturated heterocycles. The van der Waals surface area contributed by atoms with Gasteiger partial charge in [0.25, 0.3) is 0 Å². The van der Waals surface area contributed by atoms with Crippen LogP contribution in [0.25, 0.3) is 32.4 Å². The summed E-state index contributed by atoms with van der Waals surface area (Å²) in [5.41, 5.74) is 13.1. The first-order valence-electron chi connectivity index (χ1n) is 26.4. The van der Waals surface area contributed by atoms with Gasteiger partial charge in [-0.25, -0.2) is 42.3 Å². The number of piperidine rings is 3. The van der Waals surface area contributed by atoms with Crippen LogP contribution in [0.15, 0.2) is 41.6 Å². The van der Waals surface area contributed by atoms with Crippen LogP contribution in [0, 0.1) is 0 Å². The van der Waals surface area contributed by atoms with Crippen LogP contribution in [0.5, 0.6) is 0 Å². The van der Waals surface area contributed by atoms with Crippen LogP contribution in [-0.2, 0) is 102 Å². The number of aliphatic hydroxyl groups excluding tert-OH is 4. The zero-order valence-corrected chi connectivity index (χ0v) is 58.0. The van der Waals surface area contributed by atoms with Gasteiger partial charge in [-0.1, -0.05) is 69.9 Å². The standard InChI is InChI=1S/C10H22N5O13P3.C10H16N5O13P3.C10H18N2.C10H14N2.2Zn/c2*11-8-5-9(13-2-12-8)15(3-14-5)10-7(17)6(16)4(26-10)1-25-30(21,22)28-31(23,24)27-29(18,19)20;2*1-3-7-11-9(5-1)10-6-2-4-8-12-10;;/h3-10,12-13,16-17H,1-2,11H2,(H,21,22)(H,23,24)(H2,18,19,20);2-4,6-7,10,16-17H,1H2,(H,21,22)(H,23,24)(H2,11,12,13)(H2,18,19,20);9-10H,1-8H2;1,3,5,10H,2,4,6-8H2;;/q;;2*-2;2*+2. The molecule has 2 aromatic rings. The summed E-state index contributed by atoms with van der Waals surface area (Å²) in [4.78, 5) is 88.5. The first-order chi connectivity index (χ1) is 40.3. The Morgan fingerprint density at radius 3 is 1.66 bits per heavy atom. The number of hydrogen-bond donors (Lipinski definition) is 16. The molecule has 0 amide bonds. The SMILES string of the molecule is C1=CC[N-]C(C2CCCC[N-]2)=C1.C1CCC(C2CCCC[N-]2)[N-]C1.NC1NCNC2C1N=CN2C1OC(COP(=O)(O)OP(=O)(O)OP(=O)(O)O)C(O)C1O.Nc1ncnc2c1ncn2C1OC(COP(=O)(O)OP(=O)(O)OP(=O)(O)O)C(O)C1O.[Zn+2].[Zn+2]. The fraction of sp³-hybridized carbons (Fsp3) is 0.750. The van der Waals surface area contributed by atoms with Crippen LogP contribution >= 0.6 is 46.9 Å². The molecule has 0 aliphatic carbocycles. The molecule has 0 radical (unpaired) electrons. The van der Waals surface area contributed by atoms with Gasteiger partial charge in [0.05, 0.1) is 32.0 Å². The van der Waals surface area contributed by atoms with E-state index >= 15 is 0 Å². The maximum Gasteiger partial charge on any atom is 2.00 e. The molecule has 18 unspecified atom stereocenters. The van der Waals surface area contributed by atoms with E-state index in [1.165, 1.54) is 85.6 Å². The summed E-state index contributed by atoms with van der Waals surface area (Å²) in [6.07, 6.45) is 9.06. The predicted molar refractivity (Wildman–Crippen MR) is 296 cm³/mol. The number of anilines is 1. The quantitative estimate of drug-likeness (QED) is 0.0700. The second kappa shape index (κ2) is 33.9. The number of fused-ring (bicyclic) bond motifs is 2. The van der Waals surface area contributed by atoms with Crippen LogP contribution in [0.1, 0.15) is 64.0 Å². The summed E-state index contributed by atoms with van der Waals surface area (Å²) in [6.45, 7) is 2.53. The predicted octanol–water partition coefficient (Wildman–Crippen LogP) is 0.195. The van der Waals surface area contributed by atoms with E-state index in [-0.39, 0.29) is 55.9 Å². The minimum Gasteiger partial charge on any atom is -0.686 e. The summed E-state index contributed by atoms with van der Waals surface area (Å²) >= 11 is 0. The molecule has 2 aromatic heterocycles. The largest absolute Gasteiger partial charge is 2.00 e. The summed E-state index contributed by atoms with van der Waals surface area (Å²) in [6, 6.07) is 1.18. The van der Waals surface area contributed by atoms with Crippen LogP contribution < -0.4 is 22.1 Å². The average molecular weight is 1480 g/mol. The van der Waals surface area contributed by atoms with Crippen LogP contribution in [0.4, 0.5) is 5.82 Å². The number of rotatable bonds is 18. The summed E-state index contributed by atoms with van der Waals surface area (Å²) < 4.78 is 103. The fourth-order valence-corrected chi connectivity index (χ4v) is 15.8. The van der Waals surface area contributed by atoms with Crippen LogP contribution in [0.2, 0.25) is 0 Å². The molecule has 48 heteroatoms. The first-order valence-corrected chi connectivity index (χ1v) is 35.5. The number of allylic oxidation sites excluding steroid dienone is 2. The molecular formula is C40H70N14O26P6Zn2. The van der Waals surface area contributed by atoms with E-state index in [1.807, 2.05) is 0 Å². The van der Waals surface area contributed by atoms with Crippen molar-refractivity contribution in [1.82, 2.24) is 35.1 Å². The molecule has 6 fully saturated rings. The van der Waals surface area contributed by atoms with Gasteiger partial charge in [0, 0.05) is 6.67 Å². The van der Waals surface area contributed by atoms with E-state index in [0.717, 1.165) is 32.5 Å².